The molecule has 3 aromatic carbocycles. The van der Waals surface area contributed by atoms with Crippen molar-refractivity contribution >= 4 is 55.5 Å². The molecule has 3 aliphatic heterocycles. The summed E-state index contributed by atoms with van der Waals surface area (Å²) in [7, 11) is 1.28. The van der Waals surface area contributed by atoms with Gasteiger partial charge in [-0.25, -0.2) is 4.79 Å². The van der Waals surface area contributed by atoms with Crippen LogP contribution in [0.15, 0.2) is 48.5 Å². The minimum atomic E-state index is -1.94. The lowest BCUT2D eigenvalue weighted by atomic mass is 9.88. The first-order valence-corrected chi connectivity index (χ1v) is 12.1. The van der Waals surface area contributed by atoms with Gasteiger partial charge in [0.15, 0.2) is 5.72 Å². The van der Waals surface area contributed by atoms with E-state index in [2.05, 4.69) is 9.88 Å². The Labute approximate surface area is 205 Å². The monoisotopic (exact) mass is 481 g/mol. The minimum absolute atomic E-state index is 0.0110. The van der Waals surface area contributed by atoms with Gasteiger partial charge in [0.25, 0.3) is 5.91 Å². The fraction of sp³-hybridized carbons (Fsp3) is 0.286. The van der Waals surface area contributed by atoms with Crippen molar-refractivity contribution in [3.63, 3.8) is 0 Å². The van der Waals surface area contributed by atoms with E-state index in [0.717, 1.165) is 49.2 Å². The highest BCUT2D eigenvalue weighted by Crippen LogP contribution is 2.58. The molecule has 0 radical (unpaired) electrons. The number of carbonyl (C=O) groups excluding carboxylic acids is 2. The third-order valence-electron chi connectivity index (χ3n) is 8.65. The molecule has 5 aromatic rings. The van der Waals surface area contributed by atoms with Crippen LogP contribution < -0.4 is 5.32 Å². The van der Waals surface area contributed by atoms with E-state index in [1.54, 1.807) is 6.92 Å². The van der Waals surface area contributed by atoms with E-state index in [0.29, 0.717) is 5.56 Å². The quantitative estimate of drug-likeness (QED) is 0.350. The van der Waals surface area contributed by atoms with E-state index in [4.69, 9.17) is 9.47 Å². The minimum Gasteiger partial charge on any atom is -0.467 e. The molecule has 1 fully saturated rings. The molecule has 2 aromatic heterocycles. The van der Waals surface area contributed by atoms with Crippen LogP contribution in [0.25, 0.3) is 43.6 Å². The average Bonchev–Trinajstić information content (AvgIpc) is 3.54. The Morgan fingerprint density at radius 2 is 1.75 bits per heavy atom. The van der Waals surface area contributed by atoms with Crippen LogP contribution in [-0.2, 0) is 20.0 Å². The lowest BCUT2D eigenvalue weighted by Crippen LogP contribution is -2.56. The molecule has 0 spiro atoms. The predicted molar refractivity (Wildman–Crippen MR) is 134 cm³/mol. The summed E-state index contributed by atoms with van der Waals surface area (Å²) in [6.07, 6.45) is -0.639. The van der Waals surface area contributed by atoms with Gasteiger partial charge in [-0.1, -0.05) is 36.4 Å². The first kappa shape index (κ1) is 20.3. The number of hydrogen-bond donors (Lipinski definition) is 2. The van der Waals surface area contributed by atoms with Gasteiger partial charge < -0.3 is 29.0 Å². The molecule has 36 heavy (non-hydrogen) atoms. The highest BCUT2D eigenvalue weighted by atomic mass is 16.6. The Morgan fingerprint density at radius 3 is 2.47 bits per heavy atom. The van der Waals surface area contributed by atoms with Crippen molar-refractivity contribution in [2.24, 2.45) is 0 Å². The SMILES string of the molecule is COC(=O)[C@@]1(O)C[C@H]2O[C@]1(C)n1c3ccccc3c3c4c(c5c6ccccc6n2c5c31)C(=O)N[C@H]4C. The summed E-state index contributed by atoms with van der Waals surface area (Å²) in [5.74, 6) is -0.826. The van der Waals surface area contributed by atoms with E-state index in [1.807, 2.05) is 60.0 Å². The Balaban J connectivity index is 1.74. The Morgan fingerprint density at radius 1 is 1.08 bits per heavy atom. The maximum atomic E-state index is 13.4. The normalized spacial score (nSPS) is 28.4. The lowest BCUT2D eigenvalue weighted by molar-refractivity contribution is -0.202. The van der Waals surface area contributed by atoms with Crippen molar-refractivity contribution < 1.29 is 24.2 Å². The van der Waals surface area contributed by atoms with Crippen LogP contribution in [0.3, 0.4) is 0 Å². The number of benzene rings is 3. The number of aliphatic hydroxyl groups is 1. The number of nitrogens with zero attached hydrogens (tertiary/aromatic N) is 2. The van der Waals surface area contributed by atoms with Gasteiger partial charge in [0.05, 0.1) is 40.8 Å². The van der Waals surface area contributed by atoms with Crippen molar-refractivity contribution in [3.8, 4) is 0 Å². The number of aromatic nitrogens is 2. The van der Waals surface area contributed by atoms with E-state index >= 15 is 0 Å². The molecule has 180 valence electrons. The number of methoxy groups -OCH3 is 1. The standard InChI is InChI=1S/C28H23N3O5/c1-13-19-20-15-9-5-7-11-17(15)31-24(20)23-21(22(19)25(32)29-13)14-8-4-6-10-16(14)30(23)18-12-28(34,26(33)35-3)27(31,2)36-18/h4-11,13,18,34H,12H2,1-3H3,(H,29,32)/t13-,18+,27-,28-/m0/s1. The van der Waals surface area contributed by atoms with Gasteiger partial charge in [0.2, 0.25) is 5.60 Å². The van der Waals surface area contributed by atoms with Gasteiger partial charge >= 0.3 is 5.97 Å². The molecule has 8 nitrogen and oxygen atoms in total. The van der Waals surface area contributed by atoms with Crippen LogP contribution in [0.5, 0.6) is 0 Å². The molecule has 1 amide bonds. The number of nitrogens with one attached hydrogen (secondary N) is 1. The van der Waals surface area contributed by atoms with Crippen LogP contribution in [0, 0.1) is 0 Å². The third-order valence-corrected chi connectivity index (χ3v) is 8.65. The van der Waals surface area contributed by atoms with Crippen LogP contribution >= 0.6 is 0 Å². The third kappa shape index (κ3) is 1.93. The molecule has 1 saturated heterocycles. The number of para-hydroxylation sites is 2. The number of amides is 1. The second kappa shape index (κ2) is 6.08. The predicted octanol–water partition coefficient (Wildman–Crippen LogP) is 4.22. The van der Waals surface area contributed by atoms with Gasteiger partial charge in [-0.3, -0.25) is 4.79 Å². The molecule has 2 bridgehead atoms. The Bertz CT molecular complexity index is 1870. The van der Waals surface area contributed by atoms with Gasteiger partial charge in [0, 0.05) is 28.0 Å². The van der Waals surface area contributed by atoms with Gasteiger partial charge in [-0.05, 0) is 31.5 Å². The number of fused-ring (bicyclic) bond motifs is 13. The Hall–Kier alpha value is -3.88. The zero-order valence-electron chi connectivity index (χ0n) is 20.0. The summed E-state index contributed by atoms with van der Waals surface area (Å²) in [5, 5.41) is 18.8. The largest absolute Gasteiger partial charge is 0.467 e. The topological polar surface area (TPSA) is 94.7 Å². The summed E-state index contributed by atoms with van der Waals surface area (Å²) >= 11 is 0. The number of esters is 1. The van der Waals surface area contributed by atoms with E-state index in [1.165, 1.54) is 7.11 Å². The van der Waals surface area contributed by atoms with E-state index in [9.17, 15) is 14.7 Å². The van der Waals surface area contributed by atoms with Crippen LogP contribution in [0.2, 0.25) is 0 Å². The number of carbonyl (C=O) groups is 2. The van der Waals surface area contributed by atoms with Gasteiger partial charge in [-0.15, -0.1) is 0 Å². The highest BCUT2D eigenvalue weighted by molar-refractivity contribution is 6.31. The lowest BCUT2D eigenvalue weighted by Gasteiger charge is -2.37. The van der Waals surface area contributed by atoms with E-state index < -0.39 is 23.5 Å². The molecule has 5 heterocycles. The summed E-state index contributed by atoms with van der Waals surface area (Å²) in [6, 6.07) is 15.6. The summed E-state index contributed by atoms with van der Waals surface area (Å²) in [4.78, 5) is 26.6. The van der Waals surface area contributed by atoms with Crippen molar-refractivity contribution in [2.75, 3.05) is 7.11 Å². The summed E-state index contributed by atoms with van der Waals surface area (Å²) in [5.41, 5.74) is 1.66. The van der Waals surface area contributed by atoms with Crippen LogP contribution in [0.1, 0.15) is 48.5 Å². The van der Waals surface area contributed by atoms with Crippen molar-refractivity contribution in [3.05, 3.63) is 59.7 Å². The molecule has 8 rings (SSSR count). The fourth-order valence-electron chi connectivity index (χ4n) is 7.17. The van der Waals surface area contributed by atoms with E-state index in [-0.39, 0.29) is 18.4 Å². The maximum Gasteiger partial charge on any atom is 0.343 e. The van der Waals surface area contributed by atoms with Gasteiger partial charge in [0.1, 0.15) is 6.23 Å². The van der Waals surface area contributed by atoms with Crippen LogP contribution in [-0.4, -0.2) is 38.8 Å². The maximum absolute atomic E-state index is 13.4. The van der Waals surface area contributed by atoms with Crippen molar-refractivity contribution in [2.45, 2.75) is 43.9 Å². The first-order valence-electron chi connectivity index (χ1n) is 12.1. The van der Waals surface area contributed by atoms with Gasteiger partial charge in [-0.2, -0.15) is 0 Å². The first-order chi connectivity index (χ1) is 17.3. The molecular weight excluding hydrogens is 458 g/mol. The number of rotatable bonds is 1. The molecule has 2 N–H and O–H groups in total. The molecule has 0 aliphatic carbocycles. The average molecular weight is 482 g/mol. The molecule has 0 saturated carbocycles. The number of ether oxygens (including phenoxy) is 2. The van der Waals surface area contributed by atoms with Crippen molar-refractivity contribution in [1.82, 2.24) is 14.5 Å². The molecule has 3 aliphatic rings. The fourth-order valence-corrected chi connectivity index (χ4v) is 7.17. The van der Waals surface area contributed by atoms with Crippen molar-refractivity contribution in [1.29, 1.82) is 0 Å². The second-order valence-corrected chi connectivity index (χ2v) is 10.3. The smallest absolute Gasteiger partial charge is 0.343 e. The molecule has 0 unspecified atom stereocenters. The summed E-state index contributed by atoms with van der Waals surface area (Å²) in [6.45, 7) is 3.76. The molecule has 4 atom stereocenters. The molecule has 8 heteroatoms. The molecular formula is C28H23N3O5. The highest BCUT2D eigenvalue weighted by Gasteiger charge is 2.65. The zero-order chi connectivity index (χ0) is 24.7. The zero-order valence-corrected chi connectivity index (χ0v) is 20.0. The second-order valence-electron chi connectivity index (χ2n) is 10.3. The summed E-state index contributed by atoms with van der Waals surface area (Å²) < 4.78 is 15.9. The van der Waals surface area contributed by atoms with Crippen LogP contribution in [0.4, 0.5) is 0 Å². The number of hydrogen-bond acceptors (Lipinski definition) is 5. The Kier molecular flexibility index (Phi) is 3.44.